The summed E-state index contributed by atoms with van der Waals surface area (Å²) in [4.78, 5) is 16.5. The van der Waals surface area contributed by atoms with Crippen LogP contribution in [0, 0.1) is 0 Å². The fourth-order valence-electron chi connectivity index (χ4n) is 2.50. The van der Waals surface area contributed by atoms with Crippen LogP contribution in [0.2, 0.25) is 0 Å². The van der Waals surface area contributed by atoms with Crippen molar-refractivity contribution in [3.8, 4) is 22.8 Å². The molecule has 0 fully saturated rings. The van der Waals surface area contributed by atoms with Gasteiger partial charge in [-0.1, -0.05) is 15.9 Å². The number of hydrogen-bond donors (Lipinski definition) is 0. The number of pyridine rings is 1. The van der Waals surface area contributed by atoms with Crippen molar-refractivity contribution < 1.29 is 14.3 Å². The van der Waals surface area contributed by atoms with E-state index in [4.69, 9.17) is 21.1 Å². The zero-order valence-electron chi connectivity index (χ0n) is 13.0. The number of rotatable bonds is 4. The second kappa shape index (κ2) is 6.79. The summed E-state index contributed by atoms with van der Waals surface area (Å²) in [6.07, 6.45) is 0. The molecule has 0 bridgehead atoms. The Kier molecular flexibility index (Phi) is 4.73. The third-order valence-electron chi connectivity index (χ3n) is 3.66. The highest BCUT2D eigenvalue weighted by molar-refractivity contribution is 9.10. The number of benzene rings is 2. The molecule has 1 aromatic heterocycles. The average molecular weight is 407 g/mol. The van der Waals surface area contributed by atoms with Crippen LogP contribution in [-0.2, 0) is 0 Å². The van der Waals surface area contributed by atoms with Gasteiger partial charge in [-0.3, -0.25) is 4.79 Å². The quantitative estimate of drug-likeness (QED) is 0.568. The van der Waals surface area contributed by atoms with Crippen LogP contribution in [0.5, 0.6) is 11.5 Å². The first-order valence-electron chi connectivity index (χ1n) is 7.06. The van der Waals surface area contributed by atoms with E-state index in [1.54, 1.807) is 26.4 Å². The van der Waals surface area contributed by atoms with Crippen LogP contribution in [0.25, 0.3) is 22.2 Å². The lowest BCUT2D eigenvalue weighted by atomic mass is 10.0. The highest BCUT2D eigenvalue weighted by Crippen LogP contribution is 2.33. The highest BCUT2D eigenvalue weighted by atomic mass is 79.9. The van der Waals surface area contributed by atoms with Crippen molar-refractivity contribution >= 4 is 43.7 Å². The van der Waals surface area contributed by atoms with Crippen LogP contribution in [-0.4, -0.2) is 24.4 Å². The average Bonchev–Trinajstić information content (AvgIpc) is 2.60. The second-order valence-corrected chi connectivity index (χ2v) is 6.32. The zero-order chi connectivity index (χ0) is 17.3. The van der Waals surface area contributed by atoms with E-state index >= 15 is 0 Å². The van der Waals surface area contributed by atoms with Crippen molar-refractivity contribution in [2.45, 2.75) is 0 Å². The molecule has 2 aromatic carbocycles. The SMILES string of the molecule is COc1ccc(-c2cc(C(=O)Cl)c3cc(Br)ccc3n2)cc1OC. The maximum Gasteiger partial charge on any atom is 0.253 e. The molecule has 0 saturated carbocycles. The van der Waals surface area contributed by atoms with Crippen LogP contribution in [0.15, 0.2) is 46.9 Å². The van der Waals surface area contributed by atoms with E-state index in [1.807, 2.05) is 30.3 Å². The minimum Gasteiger partial charge on any atom is -0.493 e. The smallest absolute Gasteiger partial charge is 0.253 e. The molecule has 0 unspecified atom stereocenters. The van der Waals surface area contributed by atoms with Crippen molar-refractivity contribution in [2.75, 3.05) is 14.2 Å². The fraction of sp³-hybridized carbons (Fsp3) is 0.111. The molecular weight excluding hydrogens is 394 g/mol. The Hall–Kier alpha value is -2.11. The Morgan fingerprint density at radius 2 is 1.79 bits per heavy atom. The molecule has 0 N–H and O–H groups in total. The first kappa shape index (κ1) is 16.7. The Morgan fingerprint density at radius 1 is 1.04 bits per heavy atom. The van der Waals surface area contributed by atoms with Gasteiger partial charge in [0.15, 0.2) is 11.5 Å². The number of fused-ring (bicyclic) bond motifs is 1. The summed E-state index contributed by atoms with van der Waals surface area (Å²) in [7, 11) is 3.15. The van der Waals surface area contributed by atoms with Gasteiger partial charge in [0.2, 0.25) is 0 Å². The molecule has 0 amide bonds. The third kappa shape index (κ3) is 3.09. The molecule has 0 aliphatic carbocycles. The number of carbonyl (C=O) groups excluding carboxylic acids is 1. The first-order chi connectivity index (χ1) is 11.5. The minimum absolute atomic E-state index is 0.410. The summed E-state index contributed by atoms with van der Waals surface area (Å²) in [6, 6.07) is 12.7. The van der Waals surface area contributed by atoms with Gasteiger partial charge in [0.1, 0.15) is 0 Å². The van der Waals surface area contributed by atoms with Crippen LogP contribution in [0.3, 0.4) is 0 Å². The van der Waals surface area contributed by atoms with E-state index in [0.717, 1.165) is 10.0 Å². The van der Waals surface area contributed by atoms with Crippen LogP contribution < -0.4 is 9.47 Å². The number of halogens is 2. The minimum atomic E-state index is -0.526. The Morgan fingerprint density at radius 3 is 2.46 bits per heavy atom. The predicted octanol–water partition coefficient (Wildman–Crippen LogP) is 5.06. The Bertz CT molecular complexity index is 943. The van der Waals surface area contributed by atoms with E-state index in [9.17, 15) is 4.79 Å². The lowest BCUT2D eigenvalue weighted by Gasteiger charge is -2.11. The monoisotopic (exact) mass is 405 g/mol. The van der Waals surface area contributed by atoms with E-state index in [1.165, 1.54) is 0 Å². The number of nitrogens with zero attached hydrogens (tertiary/aromatic N) is 1. The fourth-order valence-corrected chi connectivity index (χ4v) is 3.02. The summed E-state index contributed by atoms with van der Waals surface area (Å²) in [5, 5.41) is 0.177. The molecule has 0 spiro atoms. The predicted molar refractivity (Wildman–Crippen MR) is 98.2 cm³/mol. The van der Waals surface area contributed by atoms with Crippen molar-refractivity contribution in [1.82, 2.24) is 4.98 Å². The molecule has 0 aliphatic rings. The van der Waals surface area contributed by atoms with E-state index < -0.39 is 5.24 Å². The van der Waals surface area contributed by atoms with Gasteiger partial charge in [-0.05, 0) is 54.1 Å². The Balaban J connectivity index is 2.23. The van der Waals surface area contributed by atoms with Gasteiger partial charge < -0.3 is 9.47 Å². The van der Waals surface area contributed by atoms with Gasteiger partial charge >= 0.3 is 0 Å². The maximum atomic E-state index is 11.9. The Labute approximate surface area is 152 Å². The van der Waals surface area contributed by atoms with E-state index in [2.05, 4.69) is 20.9 Å². The molecule has 3 rings (SSSR count). The number of carbonyl (C=O) groups is 1. The maximum absolute atomic E-state index is 11.9. The summed E-state index contributed by atoms with van der Waals surface area (Å²) < 4.78 is 11.4. The lowest BCUT2D eigenvalue weighted by molar-refractivity contribution is 0.108. The van der Waals surface area contributed by atoms with Gasteiger partial charge in [0.05, 0.1) is 25.4 Å². The van der Waals surface area contributed by atoms with Crippen molar-refractivity contribution in [3.05, 3.63) is 52.5 Å². The van der Waals surface area contributed by atoms with Crippen LogP contribution in [0.4, 0.5) is 0 Å². The van der Waals surface area contributed by atoms with Crippen molar-refractivity contribution in [2.24, 2.45) is 0 Å². The second-order valence-electron chi connectivity index (χ2n) is 5.06. The largest absolute Gasteiger partial charge is 0.493 e. The normalized spacial score (nSPS) is 10.7. The van der Waals surface area contributed by atoms with Crippen LogP contribution in [0.1, 0.15) is 10.4 Å². The molecule has 0 saturated heterocycles. The lowest BCUT2D eigenvalue weighted by Crippen LogP contribution is -1.97. The highest BCUT2D eigenvalue weighted by Gasteiger charge is 2.14. The summed E-state index contributed by atoms with van der Waals surface area (Å²) in [5.74, 6) is 1.21. The van der Waals surface area contributed by atoms with Crippen molar-refractivity contribution in [1.29, 1.82) is 0 Å². The van der Waals surface area contributed by atoms with Gasteiger partial charge in [0.25, 0.3) is 5.24 Å². The molecule has 4 nitrogen and oxygen atoms in total. The van der Waals surface area contributed by atoms with Gasteiger partial charge in [-0.2, -0.15) is 0 Å². The molecule has 0 aliphatic heterocycles. The van der Waals surface area contributed by atoms with Crippen molar-refractivity contribution in [3.63, 3.8) is 0 Å². The molecule has 0 radical (unpaired) electrons. The van der Waals surface area contributed by atoms with Gasteiger partial charge in [-0.15, -0.1) is 0 Å². The van der Waals surface area contributed by atoms with E-state index in [-0.39, 0.29) is 0 Å². The topological polar surface area (TPSA) is 48.4 Å². The van der Waals surface area contributed by atoms with E-state index in [0.29, 0.717) is 33.7 Å². The summed E-state index contributed by atoms with van der Waals surface area (Å²) in [5.41, 5.74) is 2.54. The van der Waals surface area contributed by atoms with Crippen LogP contribution >= 0.6 is 27.5 Å². The molecular formula is C18H13BrClNO3. The molecule has 1 heterocycles. The summed E-state index contributed by atoms with van der Waals surface area (Å²) in [6.45, 7) is 0. The number of hydrogen-bond acceptors (Lipinski definition) is 4. The molecule has 122 valence electrons. The summed E-state index contributed by atoms with van der Waals surface area (Å²) >= 11 is 9.17. The first-order valence-corrected chi connectivity index (χ1v) is 8.23. The standard InChI is InChI=1S/C18H13BrClNO3/c1-23-16-6-3-10(7-17(16)24-2)15-9-13(18(20)22)12-8-11(19)4-5-14(12)21-15/h3-9H,1-2H3. The zero-order valence-corrected chi connectivity index (χ0v) is 15.3. The molecule has 0 atom stereocenters. The number of methoxy groups -OCH3 is 2. The van der Waals surface area contributed by atoms with Gasteiger partial charge in [0, 0.05) is 21.0 Å². The third-order valence-corrected chi connectivity index (χ3v) is 4.36. The number of ether oxygens (including phenoxy) is 2. The molecule has 24 heavy (non-hydrogen) atoms. The molecule has 3 aromatic rings. The van der Waals surface area contributed by atoms with Gasteiger partial charge in [-0.25, -0.2) is 4.98 Å². The number of aromatic nitrogens is 1. The molecule has 6 heteroatoms.